The minimum Gasteiger partial charge on any atom is -0.324 e. The molecule has 1 N–H and O–H groups in total. The number of carbonyl (C=O) groups excluding carboxylic acids is 1. The molecule has 21 heavy (non-hydrogen) atoms. The van der Waals surface area contributed by atoms with Gasteiger partial charge in [0.25, 0.3) is 0 Å². The molecule has 0 radical (unpaired) electrons. The number of rotatable bonds is 4. The van der Waals surface area contributed by atoms with Crippen LogP contribution in [0.2, 0.25) is 0 Å². The van der Waals surface area contributed by atoms with E-state index in [2.05, 4.69) is 5.32 Å². The third-order valence-electron chi connectivity index (χ3n) is 3.02. The highest BCUT2D eigenvalue weighted by atomic mass is 16.2. The average Bonchev–Trinajstić information content (AvgIpc) is 2.80. The van der Waals surface area contributed by atoms with Gasteiger partial charge in [0.05, 0.1) is 11.6 Å². The number of hydrogen-bond acceptors (Lipinski definition) is 3. The molecule has 2 aromatic rings. The maximum absolute atomic E-state index is 12.0. The monoisotopic (exact) mass is 284 g/mol. The topological polar surface area (TPSA) is 79.8 Å². The van der Waals surface area contributed by atoms with Gasteiger partial charge in [-0.15, -0.1) is 0 Å². The molecule has 0 fully saturated rings. The van der Waals surface area contributed by atoms with Crippen molar-refractivity contribution in [2.45, 2.75) is 26.4 Å². The first-order valence-electron chi connectivity index (χ1n) is 6.58. The number of anilines is 1. The van der Waals surface area contributed by atoms with Crippen molar-refractivity contribution in [3.05, 3.63) is 52.7 Å². The Morgan fingerprint density at radius 1 is 1.38 bits per heavy atom. The second kappa shape index (κ2) is 6.09. The van der Waals surface area contributed by atoms with E-state index in [1.807, 2.05) is 19.9 Å². The van der Waals surface area contributed by atoms with E-state index in [1.54, 1.807) is 41.2 Å². The van der Waals surface area contributed by atoms with Crippen LogP contribution in [-0.4, -0.2) is 15.0 Å². The van der Waals surface area contributed by atoms with E-state index >= 15 is 0 Å². The smallest absolute Gasteiger partial charge is 0.324 e. The maximum atomic E-state index is 12.0. The number of carbonyl (C=O) groups is 1. The van der Waals surface area contributed by atoms with Crippen molar-refractivity contribution in [1.82, 2.24) is 9.13 Å². The molecule has 0 unspecified atom stereocenters. The van der Waals surface area contributed by atoms with E-state index in [0.717, 1.165) is 0 Å². The molecular formula is C15H16N4O2. The van der Waals surface area contributed by atoms with Crippen LogP contribution < -0.4 is 11.0 Å². The zero-order valence-corrected chi connectivity index (χ0v) is 11.9. The minimum atomic E-state index is -0.311. The number of nitrogens with zero attached hydrogens (tertiary/aromatic N) is 3. The number of nitrogens with one attached hydrogen (secondary N) is 1. The van der Waals surface area contributed by atoms with Crippen molar-refractivity contribution in [1.29, 1.82) is 5.26 Å². The highest BCUT2D eigenvalue weighted by Gasteiger charge is 2.10. The van der Waals surface area contributed by atoms with Gasteiger partial charge >= 0.3 is 5.69 Å². The van der Waals surface area contributed by atoms with Gasteiger partial charge in [0.2, 0.25) is 5.91 Å². The first-order valence-corrected chi connectivity index (χ1v) is 6.58. The number of nitriles is 1. The molecule has 1 aromatic heterocycles. The molecule has 0 bridgehead atoms. The number of imidazole rings is 1. The van der Waals surface area contributed by atoms with Crippen LogP contribution in [0.4, 0.5) is 5.69 Å². The first-order chi connectivity index (χ1) is 10.0. The summed E-state index contributed by atoms with van der Waals surface area (Å²) in [6.07, 6.45) is 3.25. The Bertz CT molecular complexity index is 750. The lowest BCUT2D eigenvalue weighted by Crippen LogP contribution is -2.29. The largest absolute Gasteiger partial charge is 0.328 e. The van der Waals surface area contributed by atoms with Gasteiger partial charge in [-0.25, -0.2) is 4.79 Å². The molecule has 6 heteroatoms. The molecule has 0 spiro atoms. The van der Waals surface area contributed by atoms with Crippen LogP contribution in [0.3, 0.4) is 0 Å². The lowest BCUT2D eigenvalue weighted by molar-refractivity contribution is -0.116. The quantitative estimate of drug-likeness (QED) is 0.928. The molecule has 0 aliphatic heterocycles. The standard InChI is InChI=1S/C15H16N4O2/c1-11(2)19-7-6-18(15(19)21)10-14(20)17-13-5-3-4-12(8-13)9-16/h3-8,11H,10H2,1-2H3,(H,17,20). The Labute approximate surface area is 122 Å². The van der Waals surface area contributed by atoms with Crippen molar-refractivity contribution in [2.75, 3.05) is 5.32 Å². The van der Waals surface area contributed by atoms with Crippen molar-refractivity contribution in [3.8, 4) is 6.07 Å². The fourth-order valence-corrected chi connectivity index (χ4v) is 1.96. The fourth-order valence-electron chi connectivity index (χ4n) is 1.96. The van der Waals surface area contributed by atoms with E-state index in [4.69, 9.17) is 5.26 Å². The average molecular weight is 284 g/mol. The van der Waals surface area contributed by atoms with Crippen LogP contribution >= 0.6 is 0 Å². The van der Waals surface area contributed by atoms with Gasteiger partial charge in [-0.05, 0) is 32.0 Å². The predicted molar refractivity (Wildman–Crippen MR) is 78.9 cm³/mol. The summed E-state index contributed by atoms with van der Waals surface area (Å²) in [5.41, 5.74) is 0.789. The van der Waals surface area contributed by atoms with Crippen molar-refractivity contribution < 1.29 is 4.79 Å². The summed E-state index contributed by atoms with van der Waals surface area (Å²) in [5, 5.41) is 11.5. The van der Waals surface area contributed by atoms with Gasteiger partial charge < -0.3 is 5.32 Å². The van der Waals surface area contributed by atoms with E-state index in [1.165, 1.54) is 4.57 Å². The van der Waals surface area contributed by atoms with Crippen LogP contribution in [0.15, 0.2) is 41.5 Å². The Hall–Kier alpha value is -2.81. The van der Waals surface area contributed by atoms with E-state index in [9.17, 15) is 9.59 Å². The minimum absolute atomic E-state index is 0.0501. The van der Waals surface area contributed by atoms with Crippen LogP contribution in [0.5, 0.6) is 0 Å². The SMILES string of the molecule is CC(C)n1ccn(CC(=O)Nc2cccc(C#N)c2)c1=O. The second-order valence-electron chi connectivity index (χ2n) is 4.95. The molecule has 0 saturated carbocycles. The molecule has 1 aromatic carbocycles. The molecular weight excluding hydrogens is 268 g/mol. The summed E-state index contributed by atoms with van der Waals surface area (Å²) in [6.45, 7) is 3.74. The van der Waals surface area contributed by atoms with Gasteiger partial charge in [0, 0.05) is 24.1 Å². The summed E-state index contributed by atoms with van der Waals surface area (Å²) in [5.74, 6) is -0.311. The van der Waals surface area contributed by atoms with Crippen LogP contribution in [-0.2, 0) is 11.3 Å². The first kappa shape index (κ1) is 14.6. The zero-order chi connectivity index (χ0) is 15.4. The number of hydrogen-bond donors (Lipinski definition) is 1. The summed E-state index contributed by atoms with van der Waals surface area (Å²) < 4.78 is 2.91. The van der Waals surface area contributed by atoms with Gasteiger partial charge in [-0.2, -0.15) is 5.26 Å². The lowest BCUT2D eigenvalue weighted by atomic mass is 10.2. The number of aromatic nitrogens is 2. The van der Waals surface area contributed by atoms with Crippen LogP contribution in [0.25, 0.3) is 0 Å². The summed E-state index contributed by atoms with van der Waals surface area (Å²) in [4.78, 5) is 24.0. The molecule has 6 nitrogen and oxygen atoms in total. The summed E-state index contributed by atoms with van der Waals surface area (Å²) in [7, 11) is 0. The molecule has 0 aliphatic carbocycles. The van der Waals surface area contributed by atoms with Crippen molar-refractivity contribution in [2.24, 2.45) is 0 Å². The predicted octanol–water partition coefficient (Wildman–Crippen LogP) is 1.74. The van der Waals surface area contributed by atoms with Gasteiger partial charge in [-0.3, -0.25) is 13.9 Å². The second-order valence-corrected chi connectivity index (χ2v) is 4.95. The third kappa shape index (κ3) is 3.39. The van der Waals surface area contributed by atoms with Crippen molar-refractivity contribution in [3.63, 3.8) is 0 Å². The number of benzene rings is 1. The molecule has 2 rings (SSSR count). The van der Waals surface area contributed by atoms with Gasteiger partial charge in [-0.1, -0.05) is 6.07 Å². The molecule has 1 amide bonds. The van der Waals surface area contributed by atoms with E-state index in [0.29, 0.717) is 11.3 Å². The van der Waals surface area contributed by atoms with Gasteiger partial charge in [0.1, 0.15) is 6.54 Å². The maximum Gasteiger partial charge on any atom is 0.328 e. The highest BCUT2D eigenvalue weighted by Crippen LogP contribution is 2.09. The molecule has 0 saturated heterocycles. The van der Waals surface area contributed by atoms with E-state index in [-0.39, 0.29) is 24.2 Å². The summed E-state index contributed by atoms with van der Waals surface area (Å²) >= 11 is 0. The molecule has 0 atom stereocenters. The fraction of sp³-hybridized carbons (Fsp3) is 0.267. The Morgan fingerprint density at radius 3 is 2.76 bits per heavy atom. The Morgan fingerprint density at radius 2 is 2.14 bits per heavy atom. The van der Waals surface area contributed by atoms with Crippen LogP contribution in [0, 0.1) is 11.3 Å². The van der Waals surface area contributed by atoms with Gasteiger partial charge in [0.15, 0.2) is 0 Å². The Kier molecular flexibility index (Phi) is 4.24. The lowest BCUT2D eigenvalue weighted by Gasteiger charge is -2.06. The molecule has 0 aliphatic rings. The normalized spacial score (nSPS) is 10.4. The Balaban J connectivity index is 2.09. The van der Waals surface area contributed by atoms with Crippen molar-refractivity contribution >= 4 is 11.6 Å². The molecule has 108 valence electrons. The summed E-state index contributed by atoms with van der Waals surface area (Å²) in [6, 6.07) is 8.68. The highest BCUT2D eigenvalue weighted by molar-refractivity contribution is 5.90. The van der Waals surface area contributed by atoms with E-state index < -0.39 is 0 Å². The zero-order valence-electron chi connectivity index (χ0n) is 11.9. The number of amides is 1. The third-order valence-corrected chi connectivity index (χ3v) is 3.02. The molecule has 1 heterocycles. The van der Waals surface area contributed by atoms with Crippen LogP contribution in [0.1, 0.15) is 25.5 Å².